The molecule has 0 spiro atoms. The van der Waals surface area contributed by atoms with Gasteiger partial charge in [-0.05, 0) is 30.9 Å². The average molecular weight is 288 g/mol. The van der Waals surface area contributed by atoms with Crippen LogP contribution >= 0.6 is 11.6 Å². The Kier molecular flexibility index (Phi) is 6.64. The largest absolute Gasteiger partial charge is 0.507 e. The second-order valence-electron chi connectivity index (χ2n) is 4.50. The zero-order valence-electron chi connectivity index (χ0n) is 11.0. The lowest BCUT2D eigenvalue weighted by atomic mass is 10.0. The van der Waals surface area contributed by atoms with Crippen molar-refractivity contribution < 1.29 is 14.3 Å². The Morgan fingerprint density at radius 3 is 2.79 bits per heavy atom. The number of hydrogen-bond acceptors (Lipinski definition) is 2. The van der Waals surface area contributed by atoms with Gasteiger partial charge in [-0.2, -0.15) is 0 Å². The standard InChI is InChI=1S/C14H19ClFNO2/c1-2-3-10(6-7-15)9-17-14(19)12-5-4-11(16)8-13(12)18/h4-5,8,10,18H,2-3,6-7,9H2,1H3,(H,17,19). The van der Waals surface area contributed by atoms with Crippen LogP contribution in [0.3, 0.4) is 0 Å². The van der Waals surface area contributed by atoms with Crippen molar-refractivity contribution in [2.45, 2.75) is 26.2 Å². The van der Waals surface area contributed by atoms with Crippen LogP contribution in [0.1, 0.15) is 36.5 Å². The van der Waals surface area contributed by atoms with E-state index in [1.165, 1.54) is 6.07 Å². The van der Waals surface area contributed by atoms with Crippen LogP contribution in [-0.4, -0.2) is 23.4 Å². The highest BCUT2D eigenvalue weighted by Gasteiger charge is 2.14. The Labute approximate surface area is 117 Å². The third-order valence-corrected chi connectivity index (χ3v) is 3.19. The fourth-order valence-electron chi connectivity index (χ4n) is 1.94. The third-order valence-electron chi connectivity index (χ3n) is 2.97. The maximum atomic E-state index is 12.8. The van der Waals surface area contributed by atoms with E-state index in [0.717, 1.165) is 31.4 Å². The maximum Gasteiger partial charge on any atom is 0.255 e. The molecule has 1 rings (SSSR count). The minimum atomic E-state index is -0.569. The van der Waals surface area contributed by atoms with Gasteiger partial charge in [0.2, 0.25) is 0 Å². The van der Waals surface area contributed by atoms with Gasteiger partial charge in [0, 0.05) is 18.5 Å². The summed E-state index contributed by atoms with van der Waals surface area (Å²) in [7, 11) is 0. The number of carbonyl (C=O) groups is 1. The van der Waals surface area contributed by atoms with Crippen molar-refractivity contribution in [1.29, 1.82) is 0 Å². The minimum Gasteiger partial charge on any atom is -0.507 e. The van der Waals surface area contributed by atoms with Crippen LogP contribution in [0.4, 0.5) is 4.39 Å². The molecule has 1 unspecified atom stereocenters. The molecule has 0 heterocycles. The average Bonchev–Trinajstić information content (AvgIpc) is 2.36. The van der Waals surface area contributed by atoms with E-state index in [4.69, 9.17) is 11.6 Å². The predicted molar refractivity (Wildman–Crippen MR) is 74.1 cm³/mol. The normalized spacial score (nSPS) is 12.2. The number of phenolic OH excluding ortho intramolecular Hbond substituents is 1. The van der Waals surface area contributed by atoms with E-state index in [1.807, 2.05) is 0 Å². The van der Waals surface area contributed by atoms with Crippen LogP contribution in [-0.2, 0) is 0 Å². The van der Waals surface area contributed by atoms with Crippen LogP contribution in [0.2, 0.25) is 0 Å². The summed E-state index contributed by atoms with van der Waals surface area (Å²) in [5, 5.41) is 12.3. The molecule has 5 heteroatoms. The molecule has 0 aliphatic carbocycles. The summed E-state index contributed by atoms with van der Waals surface area (Å²) < 4.78 is 12.8. The Bertz CT molecular complexity index is 420. The first-order chi connectivity index (χ1) is 9.08. The van der Waals surface area contributed by atoms with E-state index in [2.05, 4.69) is 12.2 Å². The van der Waals surface area contributed by atoms with Crippen molar-refractivity contribution in [3.05, 3.63) is 29.6 Å². The summed E-state index contributed by atoms with van der Waals surface area (Å²) in [5.74, 6) is -0.424. The first-order valence-corrected chi connectivity index (χ1v) is 6.94. The van der Waals surface area contributed by atoms with Crippen molar-refractivity contribution in [2.24, 2.45) is 5.92 Å². The lowest BCUT2D eigenvalue weighted by Crippen LogP contribution is -2.29. The number of rotatable bonds is 7. The van der Waals surface area contributed by atoms with E-state index in [-0.39, 0.29) is 11.3 Å². The van der Waals surface area contributed by atoms with E-state index in [0.29, 0.717) is 18.3 Å². The van der Waals surface area contributed by atoms with Gasteiger partial charge in [0.15, 0.2) is 0 Å². The molecule has 0 aromatic heterocycles. The fourth-order valence-corrected chi connectivity index (χ4v) is 2.25. The molecule has 3 nitrogen and oxygen atoms in total. The molecule has 1 aromatic carbocycles. The van der Waals surface area contributed by atoms with Crippen molar-refractivity contribution in [3.8, 4) is 5.75 Å². The second-order valence-corrected chi connectivity index (χ2v) is 4.88. The van der Waals surface area contributed by atoms with Gasteiger partial charge in [-0.3, -0.25) is 4.79 Å². The molecule has 0 aliphatic rings. The molecule has 0 bridgehead atoms. The number of amides is 1. The SMILES string of the molecule is CCCC(CCCl)CNC(=O)c1ccc(F)cc1O. The van der Waals surface area contributed by atoms with E-state index in [1.54, 1.807) is 0 Å². The van der Waals surface area contributed by atoms with Gasteiger partial charge in [-0.25, -0.2) is 4.39 Å². The number of carbonyl (C=O) groups excluding carboxylic acids is 1. The number of hydrogen-bond donors (Lipinski definition) is 2. The Hall–Kier alpha value is -1.29. The Balaban J connectivity index is 2.58. The van der Waals surface area contributed by atoms with Crippen LogP contribution in [0.15, 0.2) is 18.2 Å². The molecule has 0 aliphatic heterocycles. The Morgan fingerprint density at radius 1 is 1.47 bits per heavy atom. The monoisotopic (exact) mass is 287 g/mol. The van der Waals surface area contributed by atoms with Gasteiger partial charge < -0.3 is 10.4 Å². The molecule has 106 valence electrons. The number of phenols is 1. The van der Waals surface area contributed by atoms with Crippen LogP contribution < -0.4 is 5.32 Å². The van der Waals surface area contributed by atoms with E-state index < -0.39 is 11.7 Å². The fraction of sp³-hybridized carbons (Fsp3) is 0.500. The lowest BCUT2D eigenvalue weighted by molar-refractivity contribution is 0.0943. The zero-order valence-corrected chi connectivity index (χ0v) is 11.7. The Morgan fingerprint density at radius 2 is 2.21 bits per heavy atom. The zero-order chi connectivity index (χ0) is 14.3. The molecule has 19 heavy (non-hydrogen) atoms. The highest BCUT2D eigenvalue weighted by molar-refractivity contribution is 6.17. The molecule has 0 radical (unpaired) electrons. The maximum absolute atomic E-state index is 12.8. The first kappa shape index (κ1) is 15.8. The lowest BCUT2D eigenvalue weighted by Gasteiger charge is -2.15. The van der Waals surface area contributed by atoms with Crippen LogP contribution in [0.25, 0.3) is 0 Å². The molecule has 1 amide bonds. The number of benzene rings is 1. The molecule has 1 aromatic rings. The second kappa shape index (κ2) is 8.00. The van der Waals surface area contributed by atoms with E-state index >= 15 is 0 Å². The molecule has 2 N–H and O–H groups in total. The highest BCUT2D eigenvalue weighted by atomic mass is 35.5. The molecule has 1 atom stereocenters. The van der Waals surface area contributed by atoms with Crippen molar-refractivity contribution >= 4 is 17.5 Å². The summed E-state index contributed by atoms with van der Waals surface area (Å²) in [6.45, 7) is 2.59. The number of nitrogens with one attached hydrogen (secondary N) is 1. The highest BCUT2D eigenvalue weighted by Crippen LogP contribution is 2.18. The molecule has 0 saturated heterocycles. The van der Waals surface area contributed by atoms with Crippen LogP contribution in [0, 0.1) is 11.7 Å². The number of alkyl halides is 1. The number of aromatic hydroxyl groups is 1. The first-order valence-electron chi connectivity index (χ1n) is 6.41. The van der Waals surface area contributed by atoms with Gasteiger partial charge in [0.05, 0.1) is 5.56 Å². The molecular weight excluding hydrogens is 269 g/mol. The van der Waals surface area contributed by atoms with Gasteiger partial charge >= 0.3 is 0 Å². The van der Waals surface area contributed by atoms with Gasteiger partial charge in [-0.15, -0.1) is 11.6 Å². The smallest absolute Gasteiger partial charge is 0.255 e. The summed E-state index contributed by atoms with van der Waals surface area (Å²) in [6, 6.07) is 3.35. The third kappa shape index (κ3) is 5.07. The summed E-state index contributed by atoms with van der Waals surface area (Å²) in [5.41, 5.74) is 0.0857. The summed E-state index contributed by atoms with van der Waals surface area (Å²) in [4.78, 5) is 11.9. The minimum absolute atomic E-state index is 0.0857. The van der Waals surface area contributed by atoms with Gasteiger partial charge in [-0.1, -0.05) is 13.3 Å². The molecular formula is C14H19ClFNO2. The van der Waals surface area contributed by atoms with Crippen LogP contribution in [0.5, 0.6) is 5.75 Å². The van der Waals surface area contributed by atoms with Gasteiger partial charge in [0.25, 0.3) is 5.91 Å². The summed E-state index contributed by atoms with van der Waals surface area (Å²) >= 11 is 5.71. The molecule has 0 fully saturated rings. The topological polar surface area (TPSA) is 49.3 Å². The predicted octanol–water partition coefficient (Wildman–Crippen LogP) is 3.31. The van der Waals surface area contributed by atoms with Crippen molar-refractivity contribution in [2.75, 3.05) is 12.4 Å². The van der Waals surface area contributed by atoms with Crippen molar-refractivity contribution in [3.63, 3.8) is 0 Å². The van der Waals surface area contributed by atoms with E-state index in [9.17, 15) is 14.3 Å². The van der Waals surface area contributed by atoms with Gasteiger partial charge in [0.1, 0.15) is 11.6 Å². The van der Waals surface area contributed by atoms with Crippen molar-refractivity contribution in [1.82, 2.24) is 5.32 Å². The summed E-state index contributed by atoms with van der Waals surface area (Å²) in [6.07, 6.45) is 2.85. The number of halogens is 2. The quantitative estimate of drug-likeness (QED) is 0.756. The molecule has 0 saturated carbocycles.